The maximum absolute atomic E-state index is 11.6. The largest absolute Gasteiger partial charge is 0.758 e. The first kappa shape index (κ1) is 8.69. The van der Waals surface area contributed by atoms with Crippen molar-refractivity contribution >= 4 is 0 Å². The molecule has 1 saturated carbocycles. The molecule has 2 aliphatic rings. The molecule has 0 spiro atoms. The lowest BCUT2D eigenvalue weighted by molar-refractivity contribution is -0.548. The topological polar surface area (TPSA) is 46.4 Å². The van der Waals surface area contributed by atoms with E-state index in [1.54, 1.807) is 0 Å². The highest BCUT2D eigenvalue weighted by atomic mass is 16.5. The Hall–Kier alpha value is -0.900. The van der Waals surface area contributed by atoms with Gasteiger partial charge < -0.3 is 10.3 Å². The lowest BCUT2D eigenvalue weighted by Crippen LogP contribution is -2.57. The summed E-state index contributed by atoms with van der Waals surface area (Å²) in [5.41, 5.74) is -0.491. The van der Waals surface area contributed by atoms with Gasteiger partial charge >= 0.3 is 0 Å². The summed E-state index contributed by atoms with van der Waals surface area (Å²) in [6.45, 7) is 1.89. The first-order valence-corrected chi connectivity index (χ1v) is 4.75. The van der Waals surface area contributed by atoms with Crippen molar-refractivity contribution < 1.29 is 4.76 Å². The molecule has 2 rings (SSSR count). The van der Waals surface area contributed by atoms with Gasteiger partial charge in [-0.05, 0) is 19.8 Å². The second-order valence-electron chi connectivity index (χ2n) is 4.10. The summed E-state index contributed by atoms with van der Waals surface area (Å²) in [5.74, 6) is 0. The third-order valence-corrected chi connectivity index (χ3v) is 3.29. The van der Waals surface area contributed by atoms with Gasteiger partial charge in [-0.25, -0.2) is 0 Å². The fourth-order valence-corrected chi connectivity index (χ4v) is 2.36. The lowest BCUT2D eigenvalue weighted by atomic mass is 9.78. The van der Waals surface area contributed by atoms with Gasteiger partial charge in [-0.15, -0.1) is 0 Å². The predicted molar refractivity (Wildman–Crippen MR) is 48.6 cm³/mol. The number of hydrogen-bond donors (Lipinski definition) is 0. The van der Waals surface area contributed by atoms with E-state index in [2.05, 4.69) is 0 Å². The summed E-state index contributed by atoms with van der Waals surface area (Å²) in [6, 6.07) is -0.149. The van der Waals surface area contributed by atoms with E-state index in [0.717, 1.165) is 35.5 Å². The fraction of sp³-hybridized carbons (Fsp3) is 0.778. The molecule has 2 atom stereocenters. The van der Waals surface area contributed by atoms with Crippen LogP contribution in [0.5, 0.6) is 0 Å². The standard InChI is InChI=1S/C9H14N2O2/c1-9-5-3-2-4-8(9)10(12)6-7-11(9)13/h6-8H,2-5H2,1H3/t8-,9+/m0/s1. The Morgan fingerprint density at radius 2 is 2.38 bits per heavy atom. The van der Waals surface area contributed by atoms with Crippen LogP contribution < -0.4 is 0 Å². The minimum atomic E-state index is -0.491. The van der Waals surface area contributed by atoms with E-state index in [-0.39, 0.29) is 6.04 Å². The van der Waals surface area contributed by atoms with Gasteiger partial charge in [0.25, 0.3) is 0 Å². The van der Waals surface area contributed by atoms with Crippen LogP contribution in [0.3, 0.4) is 0 Å². The Balaban J connectivity index is 2.34. The zero-order valence-electron chi connectivity index (χ0n) is 7.77. The summed E-state index contributed by atoms with van der Waals surface area (Å²) >= 11 is 0. The zero-order valence-corrected chi connectivity index (χ0v) is 7.77. The molecule has 72 valence electrons. The van der Waals surface area contributed by atoms with Crippen molar-refractivity contribution in [1.29, 1.82) is 0 Å². The van der Waals surface area contributed by atoms with Crippen molar-refractivity contribution in [2.45, 2.75) is 44.2 Å². The average molecular weight is 182 g/mol. The fourth-order valence-electron chi connectivity index (χ4n) is 2.36. The van der Waals surface area contributed by atoms with Crippen LogP contribution in [0, 0.1) is 10.1 Å². The highest BCUT2D eigenvalue weighted by Crippen LogP contribution is 2.37. The number of rotatable bonds is 0. The van der Waals surface area contributed by atoms with Crippen molar-refractivity contribution in [2.24, 2.45) is 0 Å². The SMILES string of the molecule is C[C@@]12CCCC[C@@H]1[N+](=O)C=CN2[O-]. The summed E-state index contributed by atoms with van der Waals surface area (Å²) in [4.78, 5) is 11.4. The second-order valence-corrected chi connectivity index (χ2v) is 4.10. The molecule has 0 aromatic rings. The molecule has 4 nitrogen and oxygen atoms in total. The normalized spacial score (nSPS) is 39.1. The van der Waals surface area contributed by atoms with Crippen LogP contribution in [0.25, 0.3) is 0 Å². The molecule has 1 aliphatic heterocycles. The van der Waals surface area contributed by atoms with Crippen molar-refractivity contribution in [3.63, 3.8) is 0 Å². The maximum atomic E-state index is 11.6. The van der Waals surface area contributed by atoms with E-state index in [9.17, 15) is 10.1 Å². The molecular weight excluding hydrogens is 168 g/mol. The van der Waals surface area contributed by atoms with Gasteiger partial charge in [0.2, 0.25) is 12.2 Å². The van der Waals surface area contributed by atoms with E-state index in [1.807, 2.05) is 6.92 Å². The van der Waals surface area contributed by atoms with Gasteiger partial charge in [0, 0.05) is 16.1 Å². The Morgan fingerprint density at radius 3 is 3.08 bits per heavy atom. The van der Waals surface area contributed by atoms with Crippen molar-refractivity contribution in [2.75, 3.05) is 0 Å². The number of hydroxylamine groups is 2. The summed E-state index contributed by atoms with van der Waals surface area (Å²) in [5, 5.41) is 12.5. The van der Waals surface area contributed by atoms with E-state index >= 15 is 0 Å². The minimum Gasteiger partial charge on any atom is -0.758 e. The molecule has 13 heavy (non-hydrogen) atoms. The van der Waals surface area contributed by atoms with Crippen LogP contribution in [0.2, 0.25) is 0 Å². The summed E-state index contributed by atoms with van der Waals surface area (Å²) in [7, 11) is 0. The quantitative estimate of drug-likeness (QED) is 0.536. The first-order valence-electron chi connectivity index (χ1n) is 4.75. The van der Waals surface area contributed by atoms with Crippen LogP contribution in [0.1, 0.15) is 32.6 Å². The number of nitroso groups, excluding NO2 is 1. The minimum absolute atomic E-state index is 0.149. The third kappa shape index (κ3) is 1.16. The van der Waals surface area contributed by atoms with Crippen LogP contribution >= 0.6 is 0 Å². The van der Waals surface area contributed by atoms with E-state index in [1.165, 1.54) is 12.4 Å². The second kappa shape index (κ2) is 2.80. The Kier molecular flexibility index (Phi) is 1.87. The smallest absolute Gasteiger partial charge is 0.236 e. The van der Waals surface area contributed by atoms with Crippen LogP contribution in [-0.2, 0) is 0 Å². The average Bonchev–Trinajstić information content (AvgIpc) is 2.12. The van der Waals surface area contributed by atoms with E-state index in [0.29, 0.717) is 0 Å². The Morgan fingerprint density at radius 1 is 1.62 bits per heavy atom. The molecule has 1 fully saturated rings. The zero-order chi connectivity index (χ0) is 9.47. The number of nitrogens with zero attached hydrogens (tertiary/aromatic N) is 2. The Labute approximate surface area is 77.4 Å². The molecule has 0 aromatic heterocycles. The molecular formula is C9H14N2O2. The molecule has 0 amide bonds. The molecule has 4 heteroatoms. The molecule has 0 saturated heterocycles. The molecule has 1 heterocycles. The van der Waals surface area contributed by atoms with Gasteiger partial charge in [0.1, 0.15) is 0 Å². The van der Waals surface area contributed by atoms with Gasteiger partial charge in [0.05, 0.1) is 11.7 Å². The van der Waals surface area contributed by atoms with Gasteiger partial charge in [-0.3, -0.25) is 0 Å². The van der Waals surface area contributed by atoms with Crippen molar-refractivity contribution in [1.82, 2.24) is 5.06 Å². The Bertz CT molecular complexity index is 264. The monoisotopic (exact) mass is 182 g/mol. The molecule has 0 aromatic carbocycles. The number of hydrogen-bond acceptors (Lipinski definition) is 3. The molecule has 1 aliphatic carbocycles. The van der Waals surface area contributed by atoms with Gasteiger partial charge in [-0.2, -0.15) is 0 Å². The first-order chi connectivity index (χ1) is 6.14. The highest BCUT2D eigenvalue weighted by molar-refractivity contribution is 5.03. The van der Waals surface area contributed by atoms with Crippen molar-refractivity contribution in [3.05, 3.63) is 22.5 Å². The maximum Gasteiger partial charge on any atom is 0.236 e. The lowest BCUT2D eigenvalue weighted by Gasteiger charge is -2.49. The van der Waals surface area contributed by atoms with E-state index in [4.69, 9.17) is 0 Å². The van der Waals surface area contributed by atoms with E-state index < -0.39 is 5.54 Å². The van der Waals surface area contributed by atoms with Crippen LogP contribution in [0.4, 0.5) is 0 Å². The number of fused-ring (bicyclic) bond motifs is 1. The van der Waals surface area contributed by atoms with Crippen LogP contribution in [-0.4, -0.2) is 21.4 Å². The van der Waals surface area contributed by atoms with Crippen molar-refractivity contribution in [3.8, 4) is 0 Å². The molecule has 0 bridgehead atoms. The third-order valence-electron chi connectivity index (χ3n) is 3.29. The molecule has 0 N–H and O–H groups in total. The van der Waals surface area contributed by atoms with Gasteiger partial charge in [-0.1, -0.05) is 6.42 Å². The summed E-state index contributed by atoms with van der Waals surface area (Å²) < 4.78 is 0.938. The summed E-state index contributed by atoms with van der Waals surface area (Å²) in [6.07, 6.45) is 6.45. The van der Waals surface area contributed by atoms with Gasteiger partial charge in [0.15, 0.2) is 0 Å². The van der Waals surface area contributed by atoms with Crippen LogP contribution in [0.15, 0.2) is 12.4 Å². The molecule has 0 unspecified atom stereocenters. The molecule has 0 radical (unpaired) electrons. The highest BCUT2D eigenvalue weighted by Gasteiger charge is 2.48. The predicted octanol–water partition coefficient (Wildman–Crippen LogP) is 1.75.